The highest BCUT2D eigenvalue weighted by atomic mass is 32.2. The van der Waals surface area contributed by atoms with Crippen molar-refractivity contribution in [2.75, 3.05) is 5.73 Å². The number of amidine groups is 1. The Labute approximate surface area is 203 Å². The molecule has 9 nitrogen and oxygen atoms in total. The number of halogens is 2. The Balaban J connectivity index is 1.87. The summed E-state index contributed by atoms with van der Waals surface area (Å²) in [6.07, 6.45) is 0. The summed E-state index contributed by atoms with van der Waals surface area (Å²) < 4.78 is 56.1. The molecule has 1 aromatic heterocycles. The van der Waals surface area contributed by atoms with Crippen LogP contribution in [0.1, 0.15) is 39.4 Å². The number of Topliss-reactive ketones (excluding diaryl/α,β-unsaturated/α-hetero) is 2. The molecule has 0 bridgehead atoms. The van der Waals surface area contributed by atoms with Gasteiger partial charge in [0.1, 0.15) is 29.2 Å². The first kappa shape index (κ1) is 24.7. The van der Waals surface area contributed by atoms with Crippen molar-refractivity contribution in [3.8, 4) is 0 Å². The van der Waals surface area contributed by atoms with Gasteiger partial charge < -0.3 is 16.5 Å². The molecule has 5 N–H and O–H groups in total. The predicted octanol–water partition coefficient (Wildman–Crippen LogP) is 3.34. The number of imidazole rings is 1. The molecule has 1 unspecified atom stereocenters. The van der Waals surface area contributed by atoms with Crippen LogP contribution in [0.15, 0.2) is 70.0 Å². The second-order valence-electron chi connectivity index (χ2n) is 7.95. The summed E-state index contributed by atoms with van der Waals surface area (Å²) in [5, 5.41) is 0. The number of rotatable bonds is 7. The van der Waals surface area contributed by atoms with Gasteiger partial charge in [0.05, 0.1) is 15.9 Å². The number of carbonyl (C=O) groups excluding carboxylic acids is 2. The number of anilines is 1. The molecule has 0 amide bonds. The molecule has 0 spiro atoms. The van der Waals surface area contributed by atoms with Gasteiger partial charge in [-0.2, -0.15) is 8.42 Å². The molecular formula is C24H19F2N5O4S. The normalized spacial score (nSPS) is 13.0. The minimum Gasteiger partial charge on any atom is -0.399 e. The Hall–Kier alpha value is -4.45. The fourth-order valence-electron chi connectivity index (χ4n) is 3.63. The highest BCUT2D eigenvalue weighted by molar-refractivity contribution is 7.90. The van der Waals surface area contributed by atoms with Crippen molar-refractivity contribution in [3.63, 3.8) is 0 Å². The van der Waals surface area contributed by atoms with Crippen LogP contribution in [-0.4, -0.2) is 35.8 Å². The van der Waals surface area contributed by atoms with Crippen LogP contribution < -0.4 is 11.5 Å². The largest absolute Gasteiger partial charge is 0.399 e. The van der Waals surface area contributed by atoms with E-state index < -0.39 is 44.7 Å². The van der Waals surface area contributed by atoms with E-state index in [1.54, 1.807) is 18.2 Å². The van der Waals surface area contributed by atoms with Crippen molar-refractivity contribution in [1.82, 2.24) is 9.97 Å². The Morgan fingerprint density at radius 3 is 2.31 bits per heavy atom. The van der Waals surface area contributed by atoms with Crippen molar-refractivity contribution in [2.24, 2.45) is 10.1 Å². The molecule has 0 radical (unpaired) electrons. The van der Waals surface area contributed by atoms with Gasteiger partial charge in [0.25, 0.3) is 10.0 Å². The van der Waals surface area contributed by atoms with Crippen LogP contribution in [0.3, 0.4) is 0 Å². The van der Waals surface area contributed by atoms with Crippen molar-refractivity contribution >= 4 is 44.1 Å². The van der Waals surface area contributed by atoms with Gasteiger partial charge in [-0.1, -0.05) is 12.1 Å². The Kier molecular flexibility index (Phi) is 6.37. The molecule has 184 valence electrons. The summed E-state index contributed by atoms with van der Waals surface area (Å²) in [4.78, 5) is 33.9. The Morgan fingerprint density at radius 2 is 1.64 bits per heavy atom. The summed E-state index contributed by atoms with van der Waals surface area (Å²) in [5.74, 6) is -5.84. The lowest BCUT2D eigenvalue weighted by Crippen LogP contribution is -2.24. The van der Waals surface area contributed by atoms with Crippen LogP contribution in [0.2, 0.25) is 0 Å². The van der Waals surface area contributed by atoms with E-state index in [0.29, 0.717) is 22.8 Å². The number of carbonyl (C=O) groups is 2. The van der Waals surface area contributed by atoms with Gasteiger partial charge >= 0.3 is 0 Å². The number of sulfonamides is 1. The lowest BCUT2D eigenvalue weighted by Gasteiger charge is -2.14. The SMILES string of the molecule is CC(N)=NS(=O)(=O)c1cccc(C(=O)C(C(=O)c2cc(F)cc(F)c2)c2nc3ccc(N)cc3[nH]2)c1. The summed E-state index contributed by atoms with van der Waals surface area (Å²) in [5.41, 5.74) is 11.8. The van der Waals surface area contributed by atoms with Crippen molar-refractivity contribution in [2.45, 2.75) is 17.7 Å². The number of benzene rings is 3. The molecule has 1 heterocycles. The average molecular weight is 512 g/mol. The fourth-order valence-corrected chi connectivity index (χ4v) is 4.64. The van der Waals surface area contributed by atoms with Crippen LogP contribution in [0.5, 0.6) is 0 Å². The van der Waals surface area contributed by atoms with Gasteiger partial charge in [-0.15, -0.1) is 4.40 Å². The van der Waals surface area contributed by atoms with Crippen molar-refractivity contribution < 1.29 is 26.8 Å². The zero-order valence-electron chi connectivity index (χ0n) is 18.7. The molecule has 0 saturated carbocycles. The number of H-pyrrole nitrogens is 1. The summed E-state index contributed by atoms with van der Waals surface area (Å²) in [7, 11) is -4.23. The second-order valence-corrected chi connectivity index (χ2v) is 9.56. The maximum Gasteiger partial charge on any atom is 0.283 e. The number of aromatic nitrogens is 2. The van der Waals surface area contributed by atoms with Gasteiger partial charge in [-0.25, -0.2) is 13.8 Å². The van der Waals surface area contributed by atoms with Gasteiger partial charge in [0.2, 0.25) is 0 Å². The quantitative estimate of drug-likeness (QED) is 0.113. The van der Waals surface area contributed by atoms with Gasteiger partial charge in [0.15, 0.2) is 11.6 Å². The molecule has 0 aliphatic rings. The van der Waals surface area contributed by atoms with Gasteiger partial charge in [-0.05, 0) is 49.4 Å². The van der Waals surface area contributed by atoms with E-state index in [0.717, 1.165) is 18.2 Å². The number of fused-ring (bicyclic) bond motifs is 1. The number of hydrogen-bond acceptors (Lipinski definition) is 6. The van der Waals surface area contributed by atoms with Crippen molar-refractivity contribution in [3.05, 3.63) is 89.2 Å². The number of nitrogens with two attached hydrogens (primary N) is 2. The lowest BCUT2D eigenvalue weighted by atomic mass is 9.89. The molecule has 36 heavy (non-hydrogen) atoms. The standard InChI is InChI=1S/C24H19F2N5O4S/c1-12(27)31-36(34,35)18-4-2-3-13(9-18)22(32)21(23(33)14-7-15(25)10-16(26)8-14)24-29-19-6-5-17(28)11-20(19)30-24/h2-11,21H,28H2,1H3,(H2,27,31)(H,29,30). The molecule has 4 rings (SSSR count). The number of hydrogen-bond donors (Lipinski definition) is 3. The first-order chi connectivity index (χ1) is 16.9. The number of ketones is 2. The van der Waals surface area contributed by atoms with Crippen LogP contribution in [0, 0.1) is 11.6 Å². The van der Waals surface area contributed by atoms with E-state index >= 15 is 0 Å². The zero-order chi connectivity index (χ0) is 26.2. The molecule has 1 atom stereocenters. The Bertz CT molecular complexity index is 1640. The third-order valence-electron chi connectivity index (χ3n) is 5.15. The number of nitrogens with one attached hydrogen (secondary N) is 1. The van der Waals surface area contributed by atoms with E-state index in [4.69, 9.17) is 11.5 Å². The first-order valence-corrected chi connectivity index (χ1v) is 11.9. The Morgan fingerprint density at radius 1 is 0.972 bits per heavy atom. The minimum atomic E-state index is -4.23. The van der Waals surface area contributed by atoms with Crippen LogP contribution >= 0.6 is 0 Å². The average Bonchev–Trinajstić information content (AvgIpc) is 3.20. The topological polar surface area (TPSA) is 161 Å². The van der Waals surface area contributed by atoms with Gasteiger partial charge in [0, 0.05) is 22.9 Å². The minimum absolute atomic E-state index is 0.112. The van der Waals surface area contributed by atoms with Crippen LogP contribution in [-0.2, 0) is 10.0 Å². The maximum atomic E-state index is 13.9. The van der Waals surface area contributed by atoms with E-state index in [1.165, 1.54) is 25.1 Å². The zero-order valence-corrected chi connectivity index (χ0v) is 19.5. The molecule has 3 aromatic carbocycles. The molecule has 12 heteroatoms. The monoisotopic (exact) mass is 511 g/mol. The van der Waals surface area contributed by atoms with E-state index in [1.807, 2.05) is 0 Å². The molecule has 4 aromatic rings. The van der Waals surface area contributed by atoms with Crippen molar-refractivity contribution in [1.29, 1.82) is 0 Å². The summed E-state index contributed by atoms with van der Waals surface area (Å²) in [6.45, 7) is 1.29. The van der Waals surface area contributed by atoms with E-state index in [2.05, 4.69) is 14.4 Å². The smallest absolute Gasteiger partial charge is 0.283 e. The van der Waals surface area contributed by atoms with E-state index in [9.17, 15) is 26.8 Å². The first-order valence-electron chi connectivity index (χ1n) is 10.4. The summed E-state index contributed by atoms with van der Waals surface area (Å²) in [6, 6.07) is 11.7. The molecule has 0 fully saturated rings. The maximum absolute atomic E-state index is 13.9. The number of nitrogen functional groups attached to an aromatic ring is 1. The van der Waals surface area contributed by atoms with Crippen LogP contribution in [0.25, 0.3) is 11.0 Å². The lowest BCUT2D eigenvalue weighted by molar-refractivity contribution is 0.0855. The molecule has 0 aliphatic heterocycles. The molecular weight excluding hydrogens is 492 g/mol. The highest BCUT2D eigenvalue weighted by Crippen LogP contribution is 2.28. The highest BCUT2D eigenvalue weighted by Gasteiger charge is 2.34. The van der Waals surface area contributed by atoms with Crippen LogP contribution in [0.4, 0.5) is 14.5 Å². The summed E-state index contributed by atoms with van der Waals surface area (Å²) >= 11 is 0. The molecule has 0 aliphatic carbocycles. The number of aromatic amines is 1. The van der Waals surface area contributed by atoms with E-state index in [-0.39, 0.29) is 22.1 Å². The third-order valence-corrected chi connectivity index (χ3v) is 6.53. The third kappa shape index (κ3) is 4.98. The number of nitrogens with zero attached hydrogens (tertiary/aromatic N) is 2. The van der Waals surface area contributed by atoms with Gasteiger partial charge in [-0.3, -0.25) is 9.59 Å². The fraction of sp³-hybridized carbons (Fsp3) is 0.0833. The second kappa shape index (κ2) is 9.30. The predicted molar refractivity (Wildman–Crippen MR) is 129 cm³/mol. The molecule has 0 saturated heterocycles.